The van der Waals surface area contributed by atoms with Gasteiger partial charge in [0, 0.05) is 32.4 Å². The summed E-state index contributed by atoms with van der Waals surface area (Å²) in [5, 5.41) is 1.27. The highest BCUT2D eigenvalue weighted by Crippen LogP contribution is 2.31. The van der Waals surface area contributed by atoms with E-state index in [4.69, 9.17) is 39.5 Å². The fourth-order valence-corrected chi connectivity index (χ4v) is 4.35. The maximum absolute atomic E-state index is 12.7. The van der Waals surface area contributed by atoms with Crippen LogP contribution in [-0.4, -0.2) is 20.5 Å². The SMILES string of the molecule is COc1ccc(Cl)cc1S(=O)(=O)Nc1ccc(-c2ccc(Cl)cc2Cl)cn1. The van der Waals surface area contributed by atoms with Crippen molar-refractivity contribution >= 4 is 50.6 Å². The van der Waals surface area contributed by atoms with E-state index in [2.05, 4.69) is 9.71 Å². The Morgan fingerprint density at radius 1 is 0.963 bits per heavy atom. The number of ether oxygens (including phenoxy) is 1. The smallest absolute Gasteiger partial charge is 0.266 e. The molecule has 0 spiro atoms. The van der Waals surface area contributed by atoms with Crippen molar-refractivity contribution in [3.63, 3.8) is 0 Å². The van der Waals surface area contributed by atoms with Gasteiger partial charge in [-0.25, -0.2) is 13.4 Å². The molecule has 5 nitrogen and oxygen atoms in total. The fourth-order valence-electron chi connectivity index (χ4n) is 2.39. The predicted octanol–water partition coefficient (Wildman–Crippen LogP) is 5.52. The van der Waals surface area contributed by atoms with Crippen LogP contribution in [0.2, 0.25) is 15.1 Å². The van der Waals surface area contributed by atoms with Crippen LogP contribution in [0.4, 0.5) is 5.82 Å². The van der Waals surface area contributed by atoms with Gasteiger partial charge in [-0.15, -0.1) is 0 Å². The van der Waals surface area contributed by atoms with E-state index in [1.54, 1.807) is 30.3 Å². The van der Waals surface area contributed by atoms with Crippen LogP contribution in [0.1, 0.15) is 0 Å². The van der Waals surface area contributed by atoms with Gasteiger partial charge in [0.05, 0.1) is 7.11 Å². The zero-order valence-electron chi connectivity index (χ0n) is 13.9. The minimum absolute atomic E-state index is 0.0795. The van der Waals surface area contributed by atoms with Crippen LogP contribution in [0, 0.1) is 0 Å². The van der Waals surface area contributed by atoms with Crippen molar-refractivity contribution in [2.24, 2.45) is 0 Å². The van der Waals surface area contributed by atoms with Crippen LogP contribution in [0.25, 0.3) is 11.1 Å². The molecule has 1 N–H and O–H groups in total. The number of hydrogen-bond donors (Lipinski definition) is 1. The molecule has 0 atom stereocenters. The average Bonchev–Trinajstić information content (AvgIpc) is 2.62. The van der Waals surface area contributed by atoms with E-state index in [0.29, 0.717) is 10.0 Å². The molecular formula is C18H13Cl3N2O3S. The largest absolute Gasteiger partial charge is 0.495 e. The topological polar surface area (TPSA) is 68.3 Å². The van der Waals surface area contributed by atoms with E-state index in [1.807, 2.05) is 0 Å². The number of rotatable bonds is 5. The van der Waals surface area contributed by atoms with Crippen LogP contribution in [0.15, 0.2) is 59.6 Å². The summed E-state index contributed by atoms with van der Waals surface area (Å²) in [5.41, 5.74) is 1.46. The molecule has 0 amide bonds. The van der Waals surface area contributed by atoms with Crippen LogP contribution in [0.5, 0.6) is 5.75 Å². The normalized spacial score (nSPS) is 11.3. The summed E-state index contributed by atoms with van der Waals surface area (Å²) in [6.07, 6.45) is 1.52. The minimum Gasteiger partial charge on any atom is -0.495 e. The van der Waals surface area contributed by atoms with E-state index in [-0.39, 0.29) is 21.5 Å². The zero-order valence-corrected chi connectivity index (χ0v) is 17.0. The van der Waals surface area contributed by atoms with Gasteiger partial charge in [-0.05, 0) is 42.5 Å². The van der Waals surface area contributed by atoms with Crippen LogP contribution < -0.4 is 9.46 Å². The summed E-state index contributed by atoms with van der Waals surface area (Å²) in [7, 11) is -2.56. The molecule has 0 aliphatic carbocycles. The van der Waals surface area contributed by atoms with E-state index in [1.165, 1.54) is 31.5 Å². The van der Waals surface area contributed by atoms with Crippen molar-refractivity contribution in [1.29, 1.82) is 0 Å². The predicted molar refractivity (Wildman–Crippen MR) is 109 cm³/mol. The fraction of sp³-hybridized carbons (Fsp3) is 0.0556. The first-order chi connectivity index (χ1) is 12.8. The second kappa shape index (κ2) is 7.94. The Labute approximate surface area is 171 Å². The quantitative estimate of drug-likeness (QED) is 0.564. The van der Waals surface area contributed by atoms with Gasteiger partial charge >= 0.3 is 0 Å². The first-order valence-corrected chi connectivity index (χ1v) is 10.2. The second-order valence-electron chi connectivity index (χ2n) is 5.46. The number of benzene rings is 2. The number of aromatic nitrogens is 1. The lowest BCUT2D eigenvalue weighted by molar-refractivity contribution is 0.403. The third-order valence-corrected chi connectivity index (χ3v) is 5.82. The van der Waals surface area contributed by atoms with Gasteiger partial charge in [0.2, 0.25) is 0 Å². The third-order valence-electron chi connectivity index (χ3n) is 3.66. The Kier molecular flexibility index (Phi) is 5.81. The maximum Gasteiger partial charge on any atom is 0.266 e. The van der Waals surface area contributed by atoms with Crippen molar-refractivity contribution in [2.75, 3.05) is 11.8 Å². The number of anilines is 1. The Balaban J connectivity index is 1.89. The Hall–Kier alpha value is -1.99. The van der Waals surface area contributed by atoms with Crippen molar-refractivity contribution in [1.82, 2.24) is 4.98 Å². The lowest BCUT2D eigenvalue weighted by Gasteiger charge is -2.12. The van der Waals surface area contributed by atoms with Gasteiger partial charge in [0.25, 0.3) is 10.0 Å². The summed E-state index contributed by atoms with van der Waals surface area (Å²) in [4.78, 5) is 4.07. The van der Waals surface area contributed by atoms with Crippen LogP contribution in [-0.2, 0) is 10.0 Å². The maximum atomic E-state index is 12.7. The van der Waals surface area contributed by atoms with Crippen molar-refractivity contribution in [3.8, 4) is 16.9 Å². The zero-order chi connectivity index (χ0) is 19.6. The molecule has 140 valence electrons. The molecule has 2 aromatic carbocycles. The van der Waals surface area contributed by atoms with Gasteiger partial charge in [0.15, 0.2) is 0 Å². The number of pyridine rings is 1. The molecule has 1 aromatic heterocycles. The number of sulfonamides is 1. The summed E-state index contributed by atoms with van der Waals surface area (Å²) < 4.78 is 32.8. The lowest BCUT2D eigenvalue weighted by atomic mass is 10.1. The molecule has 1 heterocycles. The van der Waals surface area contributed by atoms with Crippen molar-refractivity contribution < 1.29 is 13.2 Å². The Morgan fingerprint density at radius 2 is 1.67 bits per heavy atom. The van der Waals surface area contributed by atoms with E-state index < -0.39 is 10.0 Å². The Morgan fingerprint density at radius 3 is 2.30 bits per heavy atom. The molecule has 9 heteroatoms. The molecule has 3 rings (SSSR count). The summed E-state index contributed by atoms with van der Waals surface area (Å²) in [5.74, 6) is 0.322. The number of methoxy groups -OCH3 is 1. The van der Waals surface area contributed by atoms with Gasteiger partial charge in [-0.3, -0.25) is 4.72 Å². The second-order valence-corrected chi connectivity index (χ2v) is 8.39. The molecule has 0 bridgehead atoms. The van der Waals surface area contributed by atoms with Gasteiger partial charge in [-0.1, -0.05) is 40.9 Å². The summed E-state index contributed by atoms with van der Waals surface area (Å²) in [6.45, 7) is 0. The molecule has 0 aliphatic heterocycles. The van der Waals surface area contributed by atoms with E-state index in [9.17, 15) is 8.42 Å². The summed E-state index contributed by atoms with van der Waals surface area (Å²) in [6, 6.07) is 12.7. The number of hydrogen-bond acceptors (Lipinski definition) is 4. The van der Waals surface area contributed by atoms with Crippen molar-refractivity contribution in [2.45, 2.75) is 4.90 Å². The molecule has 0 aliphatic rings. The number of nitrogens with one attached hydrogen (secondary N) is 1. The van der Waals surface area contributed by atoms with E-state index in [0.717, 1.165) is 11.1 Å². The monoisotopic (exact) mass is 442 g/mol. The number of nitrogens with zero attached hydrogens (tertiary/aromatic N) is 1. The highest BCUT2D eigenvalue weighted by Gasteiger charge is 2.20. The highest BCUT2D eigenvalue weighted by molar-refractivity contribution is 7.92. The molecule has 0 unspecified atom stereocenters. The Bertz CT molecular complexity index is 1090. The molecule has 0 saturated heterocycles. The molecule has 0 radical (unpaired) electrons. The van der Waals surface area contributed by atoms with Crippen molar-refractivity contribution in [3.05, 3.63) is 69.8 Å². The molecule has 0 saturated carbocycles. The molecule has 3 aromatic rings. The first kappa shape index (κ1) is 19.8. The van der Waals surface area contributed by atoms with Gasteiger partial charge in [-0.2, -0.15) is 0 Å². The summed E-state index contributed by atoms with van der Waals surface area (Å²) >= 11 is 18.0. The number of halogens is 3. The average molecular weight is 444 g/mol. The standard InChI is InChI=1S/C18H13Cl3N2O3S/c1-26-16-6-4-13(20)9-17(16)27(24,25)23-18-7-2-11(10-22-18)14-5-3-12(19)8-15(14)21/h2-10H,1H3,(H,22,23). The molecular weight excluding hydrogens is 431 g/mol. The van der Waals surface area contributed by atoms with Crippen LogP contribution >= 0.6 is 34.8 Å². The highest BCUT2D eigenvalue weighted by atomic mass is 35.5. The van der Waals surface area contributed by atoms with Gasteiger partial charge in [0.1, 0.15) is 16.5 Å². The first-order valence-electron chi connectivity index (χ1n) is 7.58. The minimum atomic E-state index is -3.94. The third kappa shape index (κ3) is 4.47. The van der Waals surface area contributed by atoms with Crippen LogP contribution in [0.3, 0.4) is 0 Å². The van der Waals surface area contributed by atoms with E-state index >= 15 is 0 Å². The molecule has 0 fully saturated rings. The molecule has 27 heavy (non-hydrogen) atoms. The lowest BCUT2D eigenvalue weighted by Crippen LogP contribution is -2.15. The van der Waals surface area contributed by atoms with Gasteiger partial charge < -0.3 is 4.74 Å².